The quantitative estimate of drug-likeness (QED) is 0.292. The third-order valence-corrected chi connectivity index (χ3v) is 6.55. The largest absolute Gasteiger partial charge is 0.490 e. The molecule has 7 heteroatoms. The second-order valence-corrected chi connectivity index (χ2v) is 8.99. The molecule has 0 saturated heterocycles. The first-order valence-corrected chi connectivity index (χ1v) is 13.4. The predicted molar refractivity (Wildman–Crippen MR) is 145 cm³/mol. The van der Waals surface area contributed by atoms with Gasteiger partial charge in [-0.25, -0.2) is 4.39 Å². The van der Waals surface area contributed by atoms with Gasteiger partial charge in [0, 0.05) is 12.1 Å². The van der Waals surface area contributed by atoms with Gasteiger partial charge in [-0.15, -0.1) is 0 Å². The topological polar surface area (TPSA) is 57.2 Å². The van der Waals surface area contributed by atoms with Crippen LogP contribution in [0.1, 0.15) is 60.8 Å². The number of nitrogens with zero attached hydrogens (tertiary/aromatic N) is 1. The van der Waals surface area contributed by atoms with E-state index in [9.17, 15) is 9.18 Å². The summed E-state index contributed by atoms with van der Waals surface area (Å²) in [4.78, 5) is 15.6. The predicted octanol–water partition coefficient (Wildman–Crippen LogP) is 6.40. The van der Waals surface area contributed by atoms with Gasteiger partial charge in [-0.1, -0.05) is 6.07 Å². The van der Waals surface area contributed by atoms with E-state index >= 15 is 0 Å². The number of halogens is 1. The van der Waals surface area contributed by atoms with E-state index in [1.807, 2.05) is 62.9 Å². The molecule has 0 saturated carbocycles. The van der Waals surface area contributed by atoms with E-state index in [0.29, 0.717) is 74.4 Å². The van der Waals surface area contributed by atoms with Gasteiger partial charge in [0.2, 0.25) is 0 Å². The lowest BCUT2D eigenvalue weighted by atomic mass is 9.87. The summed E-state index contributed by atoms with van der Waals surface area (Å²) < 4.78 is 37.0. The SMILES string of the molecule is CCOc1ccc(C[C@H]2c3cc(OCC)c(OCC)cc3CCN2C(=O)c2ccc(F)cc2)cc1OCC. The second kappa shape index (κ2) is 12.7. The first kappa shape index (κ1) is 27.3. The van der Waals surface area contributed by atoms with E-state index in [2.05, 4.69) is 0 Å². The van der Waals surface area contributed by atoms with Crippen LogP contribution in [0.3, 0.4) is 0 Å². The molecule has 6 nitrogen and oxygen atoms in total. The van der Waals surface area contributed by atoms with Crippen LogP contribution in [0.4, 0.5) is 4.39 Å². The lowest BCUT2D eigenvalue weighted by Gasteiger charge is -2.38. The van der Waals surface area contributed by atoms with Crippen LogP contribution in [0.15, 0.2) is 54.6 Å². The van der Waals surface area contributed by atoms with Gasteiger partial charge in [-0.3, -0.25) is 4.79 Å². The molecule has 38 heavy (non-hydrogen) atoms. The fourth-order valence-electron chi connectivity index (χ4n) is 4.91. The Morgan fingerprint density at radius 2 is 1.37 bits per heavy atom. The Labute approximate surface area is 224 Å². The van der Waals surface area contributed by atoms with E-state index in [-0.39, 0.29) is 17.8 Å². The maximum absolute atomic E-state index is 13.7. The van der Waals surface area contributed by atoms with Gasteiger partial charge in [0.05, 0.1) is 32.5 Å². The molecule has 1 atom stereocenters. The second-order valence-electron chi connectivity index (χ2n) is 8.99. The molecule has 1 amide bonds. The molecule has 0 unspecified atom stereocenters. The highest BCUT2D eigenvalue weighted by molar-refractivity contribution is 5.94. The molecule has 0 aromatic heterocycles. The van der Waals surface area contributed by atoms with E-state index in [1.165, 1.54) is 24.3 Å². The van der Waals surface area contributed by atoms with Gasteiger partial charge >= 0.3 is 0 Å². The summed E-state index contributed by atoms with van der Waals surface area (Å²) in [5.74, 6) is 2.25. The van der Waals surface area contributed by atoms with Gasteiger partial charge in [0.1, 0.15) is 5.82 Å². The number of ether oxygens (including phenoxy) is 4. The highest BCUT2D eigenvalue weighted by atomic mass is 19.1. The van der Waals surface area contributed by atoms with Crippen molar-refractivity contribution in [2.24, 2.45) is 0 Å². The Morgan fingerprint density at radius 3 is 2.00 bits per heavy atom. The molecule has 3 aromatic carbocycles. The summed E-state index contributed by atoms with van der Waals surface area (Å²) in [7, 11) is 0. The molecule has 4 rings (SSSR count). The van der Waals surface area contributed by atoms with Gasteiger partial charge < -0.3 is 23.8 Å². The van der Waals surface area contributed by atoms with Crippen LogP contribution in [0, 0.1) is 5.82 Å². The third-order valence-electron chi connectivity index (χ3n) is 6.55. The summed E-state index contributed by atoms with van der Waals surface area (Å²) in [5.41, 5.74) is 3.61. The number of carbonyl (C=O) groups excluding carboxylic acids is 1. The zero-order chi connectivity index (χ0) is 27.1. The molecule has 202 valence electrons. The van der Waals surface area contributed by atoms with Crippen LogP contribution in [0.5, 0.6) is 23.0 Å². The van der Waals surface area contributed by atoms with Crippen LogP contribution < -0.4 is 18.9 Å². The smallest absolute Gasteiger partial charge is 0.254 e. The zero-order valence-corrected chi connectivity index (χ0v) is 22.6. The Kier molecular flexibility index (Phi) is 9.10. The third kappa shape index (κ3) is 6.04. The summed E-state index contributed by atoms with van der Waals surface area (Å²) in [6, 6.07) is 15.4. The van der Waals surface area contributed by atoms with Crippen LogP contribution in [-0.4, -0.2) is 43.8 Å². The minimum Gasteiger partial charge on any atom is -0.490 e. The van der Waals surface area contributed by atoms with Crippen molar-refractivity contribution in [3.63, 3.8) is 0 Å². The number of rotatable bonds is 11. The van der Waals surface area contributed by atoms with Crippen molar-refractivity contribution >= 4 is 5.91 Å². The summed E-state index contributed by atoms with van der Waals surface area (Å²) in [6.07, 6.45) is 1.24. The van der Waals surface area contributed by atoms with E-state index < -0.39 is 0 Å². The average Bonchev–Trinajstić information content (AvgIpc) is 2.91. The Hall–Kier alpha value is -3.74. The summed E-state index contributed by atoms with van der Waals surface area (Å²) >= 11 is 0. The van der Waals surface area contributed by atoms with E-state index in [0.717, 1.165) is 16.7 Å². The minimum atomic E-state index is -0.371. The maximum Gasteiger partial charge on any atom is 0.254 e. The molecule has 0 fully saturated rings. The normalized spacial score (nSPS) is 14.6. The Balaban J connectivity index is 1.77. The molecular formula is C31H36FNO5. The average molecular weight is 522 g/mol. The molecule has 0 radical (unpaired) electrons. The maximum atomic E-state index is 13.7. The van der Waals surface area contributed by atoms with Gasteiger partial charge in [0.15, 0.2) is 23.0 Å². The van der Waals surface area contributed by atoms with Crippen molar-refractivity contribution in [3.8, 4) is 23.0 Å². The van der Waals surface area contributed by atoms with Crippen molar-refractivity contribution in [3.05, 3.63) is 82.7 Å². The van der Waals surface area contributed by atoms with Crippen molar-refractivity contribution in [2.45, 2.75) is 46.6 Å². The van der Waals surface area contributed by atoms with Crippen LogP contribution in [-0.2, 0) is 12.8 Å². The fourth-order valence-corrected chi connectivity index (χ4v) is 4.91. The number of carbonyl (C=O) groups is 1. The highest BCUT2D eigenvalue weighted by Gasteiger charge is 2.33. The number of hydrogen-bond donors (Lipinski definition) is 0. The van der Waals surface area contributed by atoms with Crippen LogP contribution >= 0.6 is 0 Å². The molecule has 1 aliphatic heterocycles. The van der Waals surface area contributed by atoms with E-state index in [1.54, 1.807) is 0 Å². The van der Waals surface area contributed by atoms with Gasteiger partial charge in [0.25, 0.3) is 5.91 Å². The molecular weight excluding hydrogens is 485 g/mol. The standard InChI is InChI=1S/C31H36FNO5/c1-5-35-27-14-9-21(18-28(27)36-6-2)17-26-25-20-30(38-8-4)29(37-7-3)19-23(25)15-16-33(26)31(34)22-10-12-24(32)13-11-22/h9-14,18-20,26H,5-8,15-17H2,1-4H3/t26-/m0/s1. The highest BCUT2D eigenvalue weighted by Crippen LogP contribution is 2.41. The number of hydrogen-bond acceptors (Lipinski definition) is 5. The lowest BCUT2D eigenvalue weighted by Crippen LogP contribution is -2.41. The number of fused-ring (bicyclic) bond motifs is 1. The first-order valence-electron chi connectivity index (χ1n) is 13.4. The summed E-state index contributed by atoms with van der Waals surface area (Å²) in [6.45, 7) is 10.4. The van der Waals surface area contributed by atoms with Crippen molar-refractivity contribution in [2.75, 3.05) is 33.0 Å². The molecule has 1 heterocycles. The lowest BCUT2D eigenvalue weighted by molar-refractivity contribution is 0.0659. The minimum absolute atomic E-state index is 0.136. The molecule has 0 bridgehead atoms. The number of amides is 1. The van der Waals surface area contributed by atoms with Crippen molar-refractivity contribution < 1.29 is 28.1 Å². The Bertz CT molecular complexity index is 1240. The molecule has 3 aromatic rings. The Morgan fingerprint density at radius 1 is 0.789 bits per heavy atom. The fraction of sp³-hybridized carbons (Fsp3) is 0.387. The molecule has 1 aliphatic rings. The summed E-state index contributed by atoms with van der Waals surface area (Å²) in [5, 5.41) is 0. The van der Waals surface area contributed by atoms with Gasteiger partial charge in [-0.05, 0) is 106 Å². The first-order chi connectivity index (χ1) is 18.5. The van der Waals surface area contributed by atoms with Crippen LogP contribution in [0.25, 0.3) is 0 Å². The molecule has 0 spiro atoms. The van der Waals surface area contributed by atoms with Crippen molar-refractivity contribution in [1.82, 2.24) is 4.90 Å². The number of benzene rings is 3. The van der Waals surface area contributed by atoms with Crippen LogP contribution in [0.2, 0.25) is 0 Å². The zero-order valence-electron chi connectivity index (χ0n) is 22.6. The molecule has 0 aliphatic carbocycles. The van der Waals surface area contributed by atoms with Crippen molar-refractivity contribution in [1.29, 1.82) is 0 Å². The monoisotopic (exact) mass is 521 g/mol. The molecule has 0 N–H and O–H groups in total. The van der Waals surface area contributed by atoms with E-state index in [4.69, 9.17) is 18.9 Å². The van der Waals surface area contributed by atoms with Gasteiger partial charge in [-0.2, -0.15) is 0 Å².